The molecule has 2 rings (SSSR count). The number of carbonyl (C=O) groups excluding carboxylic acids is 1. The quantitative estimate of drug-likeness (QED) is 0.784. The number of rotatable bonds is 7. The van der Waals surface area contributed by atoms with E-state index in [1.54, 1.807) is 6.92 Å². The van der Waals surface area contributed by atoms with Gasteiger partial charge in [-0.1, -0.05) is 12.1 Å². The van der Waals surface area contributed by atoms with Gasteiger partial charge in [-0.05, 0) is 70.4 Å². The molecular weight excluding hydrogens is 264 g/mol. The molecule has 116 valence electrons. The van der Waals surface area contributed by atoms with E-state index in [2.05, 4.69) is 10.2 Å². The van der Waals surface area contributed by atoms with Gasteiger partial charge in [0.2, 0.25) is 0 Å². The second-order valence-corrected chi connectivity index (χ2v) is 5.77. The predicted molar refractivity (Wildman–Crippen MR) is 84.6 cm³/mol. The van der Waals surface area contributed by atoms with Crippen molar-refractivity contribution in [3.63, 3.8) is 0 Å². The summed E-state index contributed by atoms with van der Waals surface area (Å²) in [5.41, 5.74) is 1.13. The molecule has 4 nitrogen and oxygen atoms in total. The molecule has 1 saturated heterocycles. The summed E-state index contributed by atoms with van der Waals surface area (Å²) in [7, 11) is 0. The second kappa shape index (κ2) is 8.03. The van der Waals surface area contributed by atoms with Gasteiger partial charge in [0.05, 0.1) is 0 Å². The Morgan fingerprint density at radius 3 is 2.86 bits per heavy atom. The van der Waals surface area contributed by atoms with Crippen LogP contribution < -0.4 is 10.1 Å². The molecule has 21 heavy (non-hydrogen) atoms. The molecule has 1 amide bonds. The molecule has 0 bridgehead atoms. The van der Waals surface area contributed by atoms with Crippen LogP contribution in [0.2, 0.25) is 0 Å². The van der Waals surface area contributed by atoms with Crippen LogP contribution in [0.4, 0.5) is 0 Å². The van der Waals surface area contributed by atoms with E-state index in [1.807, 2.05) is 31.2 Å². The molecule has 1 aromatic rings. The predicted octanol–water partition coefficient (Wildman–Crippen LogP) is 2.36. The summed E-state index contributed by atoms with van der Waals surface area (Å²) in [6.07, 6.45) is 3.17. The lowest BCUT2D eigenvalue weighted by atomic mass is 10.2. The lowest BCUT2D eigenvalue weighted by Gasteiger charge is -2.17. The standard InChI is InChI=1S/C17H26N2O2/c1-14-7-5-8-16(13-14)21-15(2)17(20)18-9-6-12-19-10-3-4-11-19/h5,7-8,13,15H,3-4,6,9-12H2,1-2H3,(H,18,20). The van der Waals surface area contributed by atoms with Crippen molar-refractivity contribution in [1.29, 1.82) is 0 Å². The second-order valence-electron chi connectivity index (χ2n) is 5.77. The van der Waals surface area contributed by atoms with E-state index in [1.165, 1.54) is 25.9 Å². The number of nitrogens with zero attached hydrogens (tertiary/aromatic N) is 1. The van der Waals surface area contributed by atoms with Gasteiger partial charge in [0.1, 0.15) is 5.75 Å². The van der Waals surface area contributed by atoms with Crippen molar-refractivity contribution >= 4 is 5.91 Å². The summed E-state index contributed by atoms with van der Waals surface area (Å²) in [5.74, 6) is 0.702. The van der Waals surface area contributed by atoms with Gasteiger partial charge in [-0.3, -0.25) is 4.79 Å². The Morgan fingerprint density at radius 1 is 1.38 bits per heavy atom. The molecule has 0 radical (unpaired) electrons. The number of carbonyl (C=O) groups is 1. The molecule has 1 aromatic carbocycles. The van der Waals surface area contributed by atoms with E-state index in [-0.39, 0.29) is 5.91 Å². The number of amides is 1. The highest BCUT2D eigenvalue weighted by Gasteiger charge is 2.15. The van der Waals surface area contributed by atoms with Crippen LogP contribution in [0, 0.1) is 6.92 Å². The molecule has 1 N–H and O–H groups in total. The Hall–Kier alpha value is -1.55. The molecule has 0 aliphatic carbocycles. The van der Waals surface area contributed by atoms with E-state index in [0.29, 0.717) is 0 Å². The van der Waals surface area contributed by atoms with Crippen molar-refractivity contribution in [2.24, 2.45) is 0 Å². The van der Waals surface area contributed by atoms with Crippen molar-refractivity contribution in [3.05, 3.63) is 29.8 Å². The van der Waals surface area contributed by atoms with Crippen LogP contribution in [0.25, 0.3) is 0 Å². The third-order valence-corrected chi connectivity index (χ3v) is 3.82. The fourth-order valence-electron chi connectivity index (χ4n) is 2.61. The number of ether oxygens (including phenoxy) is 1. The van der Waals surface area contributed by atoms with E-state index in [4.69, 9.17) is 4.74 Å². The first kappa shape index (κ1) is 15.8. The Labute approximate surface area is 127 Å². The fraction of sp³-hybridized carbons (Fsp3) is 0.588. The molecule has 1 atom stereocenters. The number of nitrogens with one attached hydrogen (secondary N) is 1. The first-order valence-electron chi connectivity index (χ1n) is 7.88. The highest BCUT2D eigenvalue weighted by Crippen LogP contribution is 2.14. The van der Waals surface area contributed by atoms with Crippen LogP contribution in [-0.4, -0.2) is 43.1 Å². The zero-order valence-electron chi connectivity index (χ0n) is 13.1. The van der Waals surface area contributed by atoms with Gasteiger partial charge in [-0.15, -0.1) is 0 Å². The minimum absolute atomic E-state index is 0.0436. The van der Waals surface area contributed by atoms with E-state index < -0.39 is 6.10 Å². The largest absolute Gasteiger partial charge is 0.481 e. The van der Waals surface area contributed by atoms with Crippen LogP contribution in [0.15, 0.2) is 24.3 Å². The maximum Gasteiger partial charge on any atom is 0.260 e. The molecule has 1 unspecified atom stereocenters. The lowest BCUT2D eigenvalue weighted by molar-refractivity contribution is -0.127. The Morgan fingerprint density at radius 2 is 2.14 bits per heavy atom. The fourth-order valence-corrected chi connectivity index (χ4v) is 2.61. The summed E-state index contributed by atoms with van der Waals surface area (Å²) in [6.45, 7) is 8.01. The van der Waals surface area contributed by atoms with Crippen LogP contribution >= 0.6 is 0 Å². The monoisotopic (exact) mass is 290 g/mol. The summed E-state index contributed by atoms with van der Waals surface area (Å²) in [6, 6.07) is 7.77. The van der Waals surface area contributed by atoms with E-state index in [9.17, 15) is 4.79 Å². The van der Waals surface area contributed by atoms with Gasteiger partial charge >= 0.3 is 0 Å². The highest BCUT2D eigenvalue weighted by molar-refractivity contribution is 5.80. The topological polar surface area (TPSA) is 41.6 Å². The zero-order valence-corrected chi connectivity index (χ0v) is 13.1. The van der Waals surface area contributed by atoms with E-state index >= 15 is 0 Å². The Kier molecular flexibility index (Phi) is 6.05. The van der Waals surface area contributed by atoms with Crippen molar-refractivity contribution in [2.45, 2.75) is 39.2 Å². The van der Waals surface area contributed by atoms with Gasteiger partial charge in [0.15, 0.2) is 6.10 Å². The maximum absolute atomic E-state index is 12.0. The Bertz CT molecular complexity index is 456. The van der Waals surface area contributed by atoms with Crippen molar-refractivity contribution in [2.75, 3.05) is 26.2 Å². The number of hydrogen-bond acceptors (Lipinski definition) is 3. The minimum atomic E-state index is -0.460. The van der Waals surface area contributed by atoms with Crippen LogP contribution in [-0.2, 0) is 4.79 Å². The van der Waals surface area contributed by atoms with Gasteiger partial charge in [0, 0.05) is 6.54 Å². The average molecular weight is 290 g/mol. The number of likely N-dealkylation sites (tertiary alicyclic amines) is 1. The first-order valence-corrected chi connectivity index (χ1v) is 7.88. The zero-order chi connectivity index (χ0) is 15.1. The van der Waals surface area contributed by atoms with Crippen molar-refractivity contribution in [1.82, 2.24) is 10.2 Å². The summed E-state index contributed by atoms with van der Waals surface area (Å²) < 4.78 is 5.66. The van der Waals surface area contributed by atoms with Crippen LogP contribution in [0.3, 0.4) is 0 Å². The van der Waals surface area contributed by atoms with Crippen LogP contribution in [0.5, 0.6) is 5.75 Å². The maximum atomic E-state index is 12.0. The van der Waals surface area contributed by atoms with Gasteiger partial charge in [-0.2, -0.15) is 0 Å². The molecular formula is C17H26N2O2. The van der Waals surface area contributed by atoms with Crippen molar-refractivity contribution in [3.8, 4) is 5.75 Å². The number of aryl methyl sites for hydroxylation is 1. The Balaban J connectivity index is 1.65. The van der Waals surface area contributed by atoms with Gasteiger partial charge in [0.25, 0.3) is 5.91 Å². The van der Waals surface area contributed by atoms with E-state index in [0.717, 1.165) is 30.8 Å². The lowest BCUT2D eigenvalue weighted by Crippen LogP contribution is -2.37. The smallest absolute Gasteiger partial charge is 0.260 e. The minimum Gasteiger partial charge on any atom is -0.481 e. The summed E-state index contributed by atoms with van der Waals surface area (Å²) in [5, 5.41) is 2.95. The SMILES string of the molecule is Cc1cccc(OC(C)C(=O)NCCCN2CCCC2)c1. The van der Waals surface area contributed by atoms with Crippen molar-refractivity contribution < 1.29 is 9.53 Å². The molecule has 1 heterocycles. The molecule has 1 aliphatic rings. The molecule has 1 fully saturated rings. The third kappa shape index (κ3) is 5.38. The molecule has 0 spiro atoms. The molecule has 1 aliphatic heterocycles. The first-order chi connectivity index (χ1) is 10.1. The summed E-state index contributed by atoms with van der Waals surface area (Å²) >= 11 is 0. The third-order valence-electron chi connectivity index (χ3n) is 3.82. The summed E-state index contributed by atoms with van der Waals surface area (Å²) in [4.78, 5) is 14.4. The number of hydrogen-bond donors (Lipinski definition) is 1. The highest BCUT2D eigenvalue weighted by atomic mass is 16.5. The number of benzene rings is 1. The average Bonchev–Trinajstić information content (AvgIpc) is 2.96. The normalized spacial score (nSPS) is 16.7. The van der Waals surface area contributed by atoms with Crippen LogP contribution in [0.1, 0.15) is 31.7 Å². The molecule has 4 heteroatoms. The van der Waals surface area contributed by atoms with Gasteiger partial charge in [-0.25, -0.2) is 0 Å². The van der Waals surface area contributed by atoms with Gasteiger partial charge < -0.3 is 15.0 Å². The molecule has 0 aromatic heterocycles. The molecule has 0 saturated carbocycles.